The van der Waals surface area contributed by atoms with Crippen LogP contribution in [-0.2, 0) is 0 Å². The van der Waals surface area contributed by atoms with E-state index in [1.54, 1.807) is 0 Å². The van der Waals surface area contributed by atoms with Crippen LogP contribution in [0.5, 0.6) is 0 Å². The van der Waals surface area contributed by atoms with E-state index in [9.17, 15) is 0 Å². The summed E-state index contributed by atoms with van der Waals surface area (Å²) >= 11 is 0. The second kappa shape index (κ2) is 7.70. The number of hydrogen-bond acceptors (Lipinski definition) is 0. The molecule has 3 saturated carbocycles. The first-order valence-corrected chi connectivity index (χ1v) is 13.3. The molecule has 3 fully saturated rings. The van der Waals surface area contributed by atoms with Crippen LogP contribution in [0.2, 0.25) is 0 Å². The summed E-state index contributed by atoms with van der Waals surface area (Å²) in [6.07, 6.45) is 17.6. The molecule has 6 atom stereocenters. The lowest BCUT2D eigenvalue weighted by molar-refractivity contribution is -0.129. The van der Waals surface area contributed by atoms with Gasteiger partial charge in [-0.15, -0.1) is 0 Å². The third kappa shape index (κ3) is 3.47. The molecule has 0 aliphatic heterocycles. The highest BCUT2D eigenvalue weighted by Gasteiger charge is 2.60. The predicted octanol–water partition coefficient (Wildman–Crippen LogP) is 9.20. The van der Waals surface area contributed by atoms with Gasteiger partial charge in [0.05, 0.1) is 0 Å². The van der Waals surface area contributed by atoms with Gasteiger partial charge in [0.25, 0.3) is 0 Å². The van der Waals surface area contributed by atoms with Crippen LogP contribution in [0.3, 0.4) is 0 Å². The summed E-state index contributed by atoms with van der Waals surface area (Å²) in [5, 5.41) is 0. The maximum absolute atomic E-state index is 2.71. The van der Waals surface area contributed by atoms with Crippen molar-refractivity contribution in [1.82, 2.24) is 0 Å². The Bertz CT molecular complexity index is 636. The SMILES string of the molecule is CC(C)CCC[C@@H](C)C1=C2CC[C@@H]3[C@H](CC[C@@]4(C)[C@H]3CCCC4(C)C)[C@@]2(C)CC1. The first-order valence-electron chi connectivity index (χ1n) is 13.3. The number of fused-ring (bicyclic) bond motifs is 5. The summed E-state index contributed by atoms with van der Waals surface area (Å²) in [4.78, 5) is 0. The van der Waals surface area contributed by atoms with Crippen molar-refractivity contribution < 1.29 is 0 Å². The van der Waals surface area contributed by atoms with E-state index in [1.165, 1.54) is 77.0 Å². The van der Waals surface area contributed by atoms with Crippen LogP contribution in [0.15, 0.2) is 11.1 Å². The molecule has 0 heterocycles. The van der Waals surface area contributed by atoms with Gasteiger partial charge in [0, 0.05) is 0 Å². The second-order valence-electron chi connectivity index (χ2n) is 13.3. The predicted molar refractivity (Wildman–Crippen MR) is 127 cm³/mol. The van der Waals surface area contributed by atoms with Gasteiger partial charge >= 0.3 is 0 Å². The highest BCUT2D eigenvalue weighted by Crippen LogP contribution is 2.69. The van der Waals surface area contributed by atoms with Gasteiger partial charge in [0.15, 0.2) is 0 Å². The minimum atomic E-state index is 0.545. The standard InChI is InChI=1S/C29H50/c1-20(2)10-8-11-21(3)22-15-18-28(6)24(22)14-13-23-25(28)16-19-29(7)26(23)12-9-17-27(29,4)5/h20-21,23,25-26H,8-19H2,1-7H3/t21-,23-,25+,26+,28+,29+/m1/s1. The molecule has 0 aromatic heterocycles. The van der Waals surface area contributed by atoms with Crippen LogP contribution in [0.4, 0.5) is 0 Å². The van der Waals surface area contributed by atoms with Crippen LogP contribution in [0.1, 0.15) is 126 Å². The minimum absolute atomic E-state index is 0.545. The molecule has 0 aromatic carbocycles. The van der Waals surface area contributed by atoms with Gasteiger partial charge in [-0.25, -0.2) is 0 Å². The van der Waals surface area contributed by atoms with Crippen LogP contribution in [0.25, 0.3) is 0 Å². The van der Waals surface area contributed by atoms with E-state index in [2.05, 4.69) is 48.5 Å². The van der Waals surface area contributed by atoms with Crippen LogP contribution in [0, 0.1) is 45.8 Å². The summed E-state index contributed by atoms with van der Waals surface area (Å²) in [7, 11) is 0. The molecule has 0 radical (unpaired) electrons. The van der Waals surface area contributed by atoms with Crippen molar-refractivity contribution in [2.75, 3.05) is 0 Å². The van der Waals surface area contributed by atoms with E-state index in [-0.39, 0.29) is 0 Å². The summed E-state index contributed by atoms with van der Waals surface area (Å²) in [5.41, 5.74) is 5.58. The van der Waals surface area contributed by atoms with Crippen LogP contribution >= 0.6 is 0 Å². The molecular weight excluding hydrogens is 348 g/mol. The van der Waals surface area contributed by atoms with Gasteiger partial charge < -0.3 is 0 Å². The summed E-state index contributed by atoms with van der Waals surface area (Å²) in [6.45, 7) is 17.9. The lowest BCUT2D eigenvalue weighted by atomic mass is 9.41. The van der Waals surface area contributed by atoms with E-state index in [4.69, 9.17) is 0 Å². The van der Waals surface area contributed by atoms with Crippen LogP contribution < -0.4 is 0 Å². The first kappa shape index (κ1) is 22.0. The molecule has 0 bridgehead atoms. The van der Waals surface area contributed by atoms with Gasteiger partial charge in [-0.05, 0) is 104 Å². The monoisotopic (exact) mass is 398 g/mol. The van der Waals surface area contributed by atoms with E-state index in [0.29, 0.717) is 16.2 Å². The van der Waals surface area contributed by atoms with Crippen molar-refractivity contribution in [3.05, 3.63) is 11.1 Å². The van der Waals surface area contributed by atoms with E-state index in [1.807, 2.05) is 11.1 Å². The summed E-state index contributed by atoms with van der Waals surface area (Å²) < 4.78 is 0. The molecule has 4 aliphatic carbocycles. The molecule has 0 unspecified atom stereocenters. The Kier molecular flexibility index (Phi) is 5.83. The Morgan fingerprint density at radius 3 is 2.31 bits per heavy atom. The Morgan fingerprint density at radius 2 is 1.59 bits per heavy atom. The first-order chi connectivity index (χ1) is 13.6. The largest absolute Gasteiger partial charge is 0.0676 e. The summed E-state index contributed by atoms with van der Waals surface area (Å²) in [6, 6.07) is 0. The van der Waals surface area contributed by atoms with Crippen molar-refractivity contribution in [3.8, 4) is 0 Å². The third-order valence-electron chi connectivity index (χ3n) is 11.2. The average molecular weight is 399 g/mol. The maximum atomic E-state index is 2.71. The Labute approximate surface area is 182 Å². The lowest BCUT2D eigenvalue weighted by Gasteiger charge is -2.63. The normalized spacial score (nSPS) is 42.4. The number of rotatable bonds is 5. The van der Waals surface area contributed by atoms with Gasteiger partial charge in [-0.3, -0.25) is 0 Å². The Balaban J connectivity index is 1.54. The lowest BCUT2D eigenvalue weighted by Crippen LogP contribution is -2.55. The molecule has 166 valence electrons. The average Bonchev–Trinajstić information content (AvgIpc) is 2.99. The molecule has 0 saturated heterocycles. The van der Waals surface area contributed by atoms with E-state index >= 15 is 0 Å². The quantitative estimate of drug-likeness (QED) is 0.405. The van der Waals surface area contributed by atoms with Crippen LogP contribution in [-0.4, -0.2) is 0 Å². The molecule has 29 heavy (non-hydrogen) atoms. The molecular formula is C29H50. The fourth-order valence-electron chi connectivity index (χ4n) is 9.00. The number of allylic oxidation sites excluding steroid dienone is 2. The zero-order chi connectivity index (χ0) is 21.0. The molecule has 0 N–H and O–H groups in total. The minimum Gasteiger partial charge on any atom is -0.0676 e. The zero-order valence-corrected chi connectivity index (χ0v) is 20.9. The van der Waals surface area contributed by atoms with Crippen molar-refractivity contribution >= 4 is 0 Å². The van der Waals surface area contributed by atoms with E-state index < -0.39 is 0 Å². The van der Waals surface area contributed by atoms with Crippen molar-refractivity contribution in [1.29, 1.82) is 0 Å². The molecule has 0 spiro atoms. The molecule has 0 heteroatoms. The fourth-order valence-corrected chi connectivity index (χ4v) is 9.00. The topological polar surface area (TPSA) is 0 Å². The third-order valence-corrected chi connectivity index (χ3v) is 11.2. The van der Waals surface area contributed by atoms with E-state index in [0.717, 1.165) is 29.6 Å². The molecule has 4 rings (SSSR count). The highest BCUT2D eigenvalue weighted by molar-refractivity contribution is 5.33. The van der Waals surface area contributed by atoms with Gasteiger partial charge in [0.1, 0.15) is 0 Å². The smallest absolute Gasteiger partial charge is 0.00796 e. The van der Waals surface area contributed by atoms with Gasteiger partial charge in [0.2, 0.25) is 0 Å². The number of hydrogen-bond donors (Lipinski definition) is 0. The Morgan fingerprint density at radius 1 is 0.828 bits per heavy atom. The highest BCUT2D eigenvalue weighted by atomic mass is 14.6. The van der Waals surface area contributed by atoms with Gasteiger partial charge in [-0.1, -0.05) is 78.9 Å². The van der Waals surface area contributed by atoms with Gasteiger partial charge in [-0.2, -0.15) is 0 Å². The molecule has 0 amide bonds. The van der Waals surface area contributed by atoms with Crippen molar-refractivity contribution in [2.45, 2.75) is 126 Å². The van der Waals surface area contributed by atoms with Crippen molar-refractivity contribution in [2.24, 2.45) is 45.8 Å². The zero-order valence-electron chi connectivity index (χ0n) is 20.9. The summed E-state index contributed by atoms with van der Waals surface area (Å²) in [5.74, 6) is 4.69. The maximum Gasteiger partial charge on any atom is -0.00796 e. The van der Waals surface area contributed by atoms with Crippen molar-refractivity contribution in [3.63, 3.8) is 0 Å². The Hall–Kier alpha value is -0.260. The fraction of sp³-hybridized carbons (Fsp3) is 0.931. The second-order valence-corrected chi connectivity index (χ2v) is 13.3. The molecule has 0 nitrogen and oxygen atoms in total. The molecule has 4 aliphatic rings. The molecule has 0 aromatic rings.